The first-order valence-corrected chi connectivity index (χ1v) is 12.0. The molecule has 4 rings (SSSR count). The van der Waals surface area contributed by atoms with Gasteiger partial charge in [0.25, 0.3) is 5.91 Å². The molecule has 0 aliphatic heterocycles. The van der Waals surface area contributed by atoms with Gasteiger partial charge in [0.1, 0.15) is 16.5 Å². The van der Waals surface area contributed by atoms with E-state index in [4.69, 9.17) is 26.7 Å². The van der Waals surface area contributed by atoms with Crippen molar-refractivity contribution in [2.24, 2.45) is 5.92 Å². The summed E-state index contributed by atoms with van der Waals surface area (Å²) in [5.74, 6) is 1.45. The van der Waals surface area contributed by atoms with Gasteiger partial charge in [-0.25, -0.2) is 4.98 Å². The van der Waals surface area contributed by atoms with E-state index in [0.29, 0.717) is 29.5 Å². The van der Waals surface area contributed by atoms with Gasteiger partial charge in [0.2, 0.25) is 0 Å². The number of carbonyl (C=O) groups is 1. The van der Waals surface area contributed by atoms with E-state index in [2.05, 4.69) is 24.5 Å². The zero-order valence-corrected chi connectivity index (χ0v) is 20.8. The molecule has 174 valence electrons. The van der Waals surface area contributed by atoms with Gasteiger partial charge in [-0.3, -0.25) is 10.1 Å². The van der Waals surface area contributed by atoms with Crippen LogP contribution in [0.2, 0.25) is 0 Å². The Morgan fingerprint density at radius 3 is 2.56 bits per heavy atom. The van der Waals surface area contributed by atoms with Crippen LogP contribution in [0, 0.1) is 5.92 Å². The highest BCUT2D eigenvalue weighted by molar-refractivity contribution is 7.80. The molecule has 0 aliphatic rings. The van der Waals surface area contributed by atoms with Crippen LogP contribution < -0.4 is 20.1 Å². The topological polar surface area (TPSA) is 72.5 Å². The van der Waals surface area contributed by atoms with Crippen LogP contribution in [-0.2, 0) is 0 Å². The number of thiocarbonyl (C=S) groups is 1. The lowest BCUT2D eigenvalue weighted by molar-refractivity contribution is 0.0977. The maximum atomic E-state index is 12.6. The zero-order valence-electron chi connectivity index (χ0n) is 19.1. The molecule has 34 heavy (non-hydrogen) atoms. The summed E-state index contributed by atoms with van der Waals surface area (Å²) in [6.45, 7) is 4.79. The number of para-hydroxylation sites is 1. The fourth-order valence-corrected chi connectivity index (χ4v) is 4.39. The molecule has 0 saturated carbocycles. The number of aromatic nitrogens is 1. The van der Waals surface area contributed by atoms with Crippen molar-refractivity contribution < 1.29 is 14.3 Å². The number of nitrogens with one attached hydrogen (secondary N) is 2. The van der Waals surface area contributed by atoms with Crippen molar-refractivity contribution >= 4 is 50.5 Å². The summed E-state index contributed by atoms with van der Waals surface area (Å²) in [5.41, 5.74) is 3.00. The lowest BCUT2D eigenvalue weighted by Gasteiger charge is -2.14. The smallest absolute Gasteiger partial charge is 0.257 e. The highest BCUT2D eigenvalue weighted by atomic mass is 32.1. The molecule has 4 aromatic rings. The summed E-state index contributed by atoms with van der Waals surface area (Å²) in [5, 5.41) is 6.86. The molecule has 0 fully saturated rings. The lowest BCUT2D eigenvalue weighted by atomic mass is 10.2. The van der Waals surface area contributed by atoms with Gasteiger partial charge in [0.15, 0.2) is 5.11 Å². The van der Waals surface area contributed by atoms with Crippen LogP contribution in [0.25, 0.3) is 20.8 Å². The van der Waals surface area contributed by atoms with Crippen LogP contribution in [0.15, 0.2) is 66.7 Å². The third-order valence-electron chi connectivity index (χ3n) is 4.92. The molecule has 1 aromatic heterocycles. The summed E-state index contributed by atoms with van der Waals surface area (Å²) in [7, 11) is 1.59. The minimum atomic E-state index is -0.311. The van der Waals surface area contributed by atoms with Gasteiger partial charge in [-0.15, -0.1) is 11.3 Å². The average molecular weight is 492 g/mol. The van der Waals surface area contributed by atoms with E-state index in [1.807, 2.05) is 42.5 Å². The van der Waals surface area contributed by atoms with Crippen LogP contribution in [0.4, 0.5) is 5.69 Å². The number of carbonyl (C=O) groups excluding carboxylic acids is 1. The Labute approximate surface area is 207 Å². The molecule has 0 unspecified atom stereocenters. The number of rotatable bonds is 7. The Kier molecular flexibility index (Phi) is 7.40. The minimum absolute atomic E-state index is 0.171. The molecule has 0 saturated heterocycles. The molecule has 1 heterocycles. The van der Waals surface area contributed by atoms with E-state index in [1.165, 1.54) is 0 Å². The number of hydrogen-bond acceptors (Lipinski definition) is 6. The zero-order chi connectivity index (χ0) is 24.1. The highest BCUT2D eigenvalue weighted by Crippen LogP contribution is 2.34. The molecule has 3 aromatic carbocycles. The predicted molar refractivity (Wildman–Crippen MR) is 142 cm³/mol. The standard InChI is InChI=1S/C26H25N3O3S2/c1-16(2)15-32-19-11-8-17(9-12-19)24(30)29-26(33)28-21-14-18(10-13-22(21)31-3)25-27-20-6-4-5-7-23(20)34-25/h4-14,16H,15H2,1-3H3,(H2,28,29,30,33). The molecular formula is C26H25N3O3S2. The Hall–Kier alpha value is -3.49. The van der Waals surface area contributed by atoms with Gasteiger partial charge in [-0.2, -0.15) is 0 Å². The molecule has 0 radical (unpaired) electrons. The molecule has 6 nitrogen and oxygen atoms in total. The lowest BCUT2D eigenvalue weighted by Crippen LogP contribution is -2.34. The van der Waals surface area contributed by atoms with Gasteiger partial charge in [-0.05, 0) is 72.7 Å². The van der Waals surface area contributed by atoms with Gasteiger partial charge >= 0.3 is 0 Å². The minimum Gasteiger partial charge on any atom is -0.495 e. The molecule has 0 bridgehead atoms. The number of nitrogens with zero attached hydrogens (tertiary/aromatic N) is 1. The Morgan fingerprint density at radius 2 is 1.85 bits per heavy atom. The number of ether oxygens (including phenoxy) is 2. The average Bonchev–Trinajstić information content (AvgIpc) is 3.27. The summed E-state index contributed by atoms with van der Waals surface area (Å²) in [4.78, 5) is 17.4. The van der Waals surface area contributed by atoms with Gasteiger partial charge in [0, 0.05) is 11.1 Å². The first kappa shape index (κ1) is 23.7. The maximum absolute atomic E-state index is 12.6. The van der Waals surface area contributed by atoms with E-state index in [9.17, 15) is 4.79 Å². The van der Waals surface area contributed by atoms with Crippen molar-refractivity contribution in [1.82, 2.24) is 10.3 Å². The Bertz CT molecular complexity index is 1280. The summed E-state index contributed by atoms with van der Waals surface area (Å²) >= 11 is 7.00. The second-order valence-corrected chi connectivity index (χ2v) is 9.48. The van der Waals surface area contributed by atoms with Crippen molar-refractivity contribution in [3.8, 4) is 22.1 Å². The second kappa shape index (κ2) is 10.6. The normalized spacial score (nSPS) is 10.8. The highest BCUT2D eigenvalue weighted by Gasteiger charge is 2.13. The Morgan fingerprint density at radius 1 is 1.09 bits per heavy atom. The van der Waals surface area contributed by atoms with E-state index >= 15 is 0 Å². The third kappa shape index (κ3) is 5.70. The van der Waals surface area contributed by atoms with Crippen LogP contribution in [-0.4, -0.2) is 29.7 Å². The molecule has 1 amide bonds. The van der Waals surface area contributed by atoms with Crippen LogP contribution in [0.3, 0.4) is 0 Å². The maximum Gasteiger partial charge on any atom is 0.257 e. The second-order valence-electron chi connectivity index (χ2n) is 8.04. The predicted octanol–water partition coefficient (Wildman–Crippen LogP) is 6.13. The van der Waals surface area contributed by atoms with Crippen molar-refractivity contribution in [3.05, 3.63) is 72.3 Å². The third-order valence-corrected chi connectivity index (χ3v) is 6.21. The number of hydrogen-bond donors (Lipinski definition) is 2. The molecule has 8 heteroatoms. The summed E-state index contributed by atoms with van der Waals surface area (Å²) in [6.07, 6.45) is 0. The summed E-state index contributed by atoms with van der Waals surface area (Å²) in [6, 6.07) is 20.7. The van der Waals surface area contributed by atoms with Crippen molar-refractivity contribution in [3.63, 3.8) is 0 Å². The fourth-order valence-electron chi connectivity index (χ4n) is 3.23. The van der Waals surface area contributed by atoms with Gasteiger partial charge < -0.3 is 14.8 Å². The number of anilines is 1. The van der Waals surface area contributed by atoms with Crippen molar-refractivity contribution in [2.45, 2.75) is 13.8 Å². The van der Waals surface area contributed by atoms with Crippen molar-refractivity contribution in [2.75, 3.05) is 19.0 Å². The van der Waals surface area contributed by atoms with Crippen LogP contribution in [0.1, 0.15) is 24.2 Å². The van der Waals surface area contributed by atoms with Crippen molar-refractivity contribution in [1.29, 1.82) is 0 Å². The molecular weight excluding hydrogens is 466 g/mol. The molecule has 0 atom stereocenters. The van der Waals surface area contributed by atoms with Gasteiger partial charge in [-0.1, -0.05) is 26.0 Å². The first-order chi connectivity index (χ1) is 16.4. The number of benzene rings is 3. The van der Waals surface area contributed by atoms with Crippen LogP contribution >= 0.6 is 23.6 Å². The monoisotopic (exact) mass is 491 g/mol. The van der Waals surface area contributed by atoms with E-state index in [0.717, 1.165) is 26.5 Å². The van der Waals surface area contributed by atoms with Gasteiger partial charge in [0.05, 0.1) is 29.6 Å². The van der Waals surface area contributed by atoms with E-state index in [1.54, 1.807) is 42.7 Å². The molecule has 0 aliphatic carbocycles. The quantitative estimate of drug-likeness (QED) is 0.303. The first-order valence-electron chi connectivity index (χ1n) is 10.8. The number of thiazole rings is 1. The van der Waals surface area contributed by atoms with E-state index < -0.39 is 0 Å². The number of fused-ring (bicyclic) bond motifs is 1. The summed E-state index contributed by atoms with van der Waals surface area (Å²) < 4.78 is 12.3. The SMILES string of the molecule is COc1ccc(-c2nc3ccccc3s2)cc1NC(=S)NC(=O)c1ccc(OCC(C)C)cc1. The number of methoxy groups -OCH3 is 1. The fraction of sp³-hybridized carbons (Fsp3) is 0.192. The Balaban J connectivity index is 1.45. The van der Waals surface area contributed by atoms with E-state index in [-0.39, 0.29) is 11.0 Å². The van der Waals surface area contributed by atoms with Crippen LogP contribution in [0.5, 0.6) is 11.5 Å². The molecule has 0 spiro atoms. The number of amides is 1. The molecule has 2 N–H and O–H groups in total. The largest absolute Gasteiger partial charge is 0.495 e.